The highest BCUT2D eigenvalue weighted by molar-refractivity contribution is 5.79. The summed E-state index contributed by atoms with van der Waals surface area (Å²) in [7, 11) is 0. The Hall–Kier alpha value is -0.570. The average Bonchev–Trinajstić information content (AvgIpc) is 2.79. The van der Waals surface area contributed by atoms with Crippen molar-refractivity contribution in [3.8, 4) is 0 Å². The number of fused-ring (bicyclic) bond motifs is 2. The third-order valence-electron chi connectivity index (χ3n) is 5.78. The normalized spacial score (nSPS) is 26.0. The first kappa shape index (κ1) is 18.8. The van der Waals surface area contributed by atoms with Crippen molar-refractivity contribution >= 4 is 5.91 Å². The number of carbonyl (C=O) groups excluding carboxylic acids is 1. The van der Waals surface area contributed by atoms with E-state index in [0.717, 1.165) is 19.0 Å². The molecule has 2 aliphatic rings. The Morgan fingerprint density at radius 2 is 1.61 bits per heavy atom. The lowest BCUT2D eigenvalue weighted by molar-refractivity contribution is -0.140. The van der Waals surface area contributed by atoms with E-state index in [2.05, 4.69) is 23.6 Å². The van der Waals surface area contributed by atoms with Crippen LogP contribution in [0.3, 0.4) is 0 Å². The van der Waals surface area contributed by atoms with Crippen LogP contribution in [0.25, 0.3) is 0 Å². The summed E-state index contributed by atoms with van der Waals surface area (Å²) in [4.78, 5) is 17.3. The SMILES string of the molecule is CCCCC(C)CCCCN1C[C@H]2CC[C@@H](C1)N2C(=O)C(C)C. The summed E-state index contributed by atoms with van der Waals surface area (Å²) < 4.78 is 0. The van der Waals surface area contributed by atoms with Gasteiger partial charge in [0, 0.05) is 31.1 Å². The van der Waals surface area contributed by atoms with Crippen LogP contribution in [0.4, 0.5) is 0 Å². The molecule has 2 aliphatic heterocycles. The van der Waals surface area contributed by atoms with Gasteiger partial charge in [0.15, 0.2) is 0 Å². The van der Waals surface area contributed by atoms with Crippen molar-refractivity contribution < 1.29 is 4.79 Å². The fraction of sp³-hybridized carbons (Fsp3) is 0.950. The fourth-order valence-electron chi connectivity index (χ4n) is 4.36. The van der Waals surface area contributed by atoms with E-state index in [-0.39, 0.29) is 5.92 Å². The predicted octanol–water partition coefficient (Wildman–Crippen LogP) is 4.31. The number of likely N-dealkylation sites (tertiary alicyclic amines) is 1. The standard InChI is InChI=1S/C20H38N2O/c1-5-6-9-17(4)10-7-8-13-21-14-18-11-12-19(15-21)22(18)20(23)16(2)3/h16-19H,5-15H2,1-4H3/t17?,18-,19+. The molecule has 3 nitrogen and oxygen atoms in total. The number of hydrogen-bond donors (Lipinski definition) is 0. The van der Waals surface area contributed by atoms with Crippen molar-refractivity contribution in [3.63, 3.8) is 0 Å². The van der Waals surface area contributed by atoms with Crippen LogP contribution in [0.5, 0.6) is 0 Å². The lowest BCUT2D eigenvalue weighted by Crippen LogP contribution is -2.56. The van der Waals surface area contributed by atoms with E-state index >= 15 is 0 Å². The van der Waals surface area contributed by atoms with Crippen molar-refractivity contribution in [2.75, 3.05) is 19.6 Å². The van der Waals surface area contributed by atoms with Gasteiger partial charge in [-0.25, -0.2) is 0 Å². The van der Waals surface area contributed by atoms with Crippen LogP contribution in [0, 0.1) is 11.8 Å². The lowest BCUT2D eigenvalue weighted by atomic mass is 9.98. The van der Waals surface area contributed by atoms with Gasteiger partial charge >= 0.3 is 0 Å². The Kier molecular flexibility index (Phi) is 7.39. The number of rotatable bonds is 9. The monoisotopic (exact) mass is 322 g/mol. The van der Waals surface area contributed by atoms with Crippen molar-refractivity contribution in [2.24, 2.45) is 11.8 Å². The third-order valence-corrected chi connectivity index (χ3v) is 5.78. The molecule has 3 atom stereocenters. The molecule has 2 heterocycles. The zero-order chi connectivity index (χ0) is 16.8. The number of nitrogens with zero attached hydrogens (tertiary/aromatic N) is 2. The van der Waals surface area contributed by atoms with Gasteiger partial charge in [0.25, 0.3) is 0 Å². The Morgan fingerprint density at radius 3 is 2.17 bits per heavy atom. The molecule has 2 rings (SSSR count). The smallest absolute Gasteiger partial charge is 0.225 e. The first-order valence-electron chi connectivity index (χ1n) is 10.1. The topological polar surface area (TPSA) is 23.6 Å². The maximum Gasteiger partial charge on any atom is 0.225 e. The molecule has 1 amide bonds. The van der Waals surface area contributed by atoms with Crippen LogP contribution in [0.1, 0.15) is 79.1 Å². The molecule has 2 saturated heterocycles. The zero-order valence-electron chi connectivity index (χ0n) is 15.9. The molecule has 2 bridgehead atoms. The van der Waals surface area contributed by atoms with E-state index in [9.17, 15) is 4.79 Å². The second kappa shape index (κ2) is 9.05. The number of hydrogen-bond acceptors (Lipinski definition) is 2. The predicted molar refractivity (Wildman–Crippen MR) is 97.5 cm³/mol. The maximum absolute atomic E-state index is 12.4. The Balaban J connectivity index is 1.67. The lowest BCUT2D eigenvalue weighted by Gasteiger charge is -2.42. The molecule has 0 spiro atoms. The van der Waals surface area contributed by atoms with Crippen LogP contribution in [0.15, 0.2) is 0 Å². The molecule has 3 heteroatoms. The summed E-state index contributed by atoms with van der Waals surface area (Å²) in [5.74, 6) is 1.42. The molecule has 1 unspecified atom stereocenters. The van der Waals surface area contributed by atoms with E-state index in [4.69, 9.17) is 0 Å². The quantitative estimate of drug-likeness (QED) is 0.590. The summed E-state index contributed by atoms with van der Waals surface area (Å²) in [6.07, 6.45) is 10.6. The molecule has 0 aromatic rings. The molecule has 0 saturated carbocycles. The summed E-state index contributed by atoms with van der Waals surface area (Å²) in [5.41, 5.74) is 0. The molecule has 0 aromatic heterocycles. The molecule has 0 radical (unpaired) electrons. The van der Waals surface area contributed by atoms with Crippen LogP contribution in [-0.2, 0) is 4.79 Å². The van der Waals surface area contributed by atoms with Gasteiger partial charge in [-0.15, -0.1) is 0 Å². The van der Waals surface area contributed by atoms with Crippen LogP contribution in [0.2, 0.25) is 0 Å². The molecular weight excluding hydrogens is 284 g/mol. The van der Waals surface area contributed by atoms with Gasteiger partial charge in [0.1, 0.15) is 0 Å². The molecule has 0 aromatic carbocycles. The first-order valence-corrected chi connectivity index (χ1v) is 10.1. The molecule has 0 N–H and O–H groups in total. The highest BCUT2D eigenvalue weighted by atomic mass is 16.2. The highest BCUT2D eigenvalue weighted by Crippen LogP contribution is 2.31. The van der Waals surface area contributed by atoms with Gasteiger partial charge in [-0.3, -0.25) is 9.69 Å². The molecule has 23 heavy (non-hydrogen) atoms. The second-order valence-electron chi connectivity index (χ2n) is 8.29. The fourth-order valence-corrected chi connectivity index (χ4v) is 4.36. The summed E-state index contributed by atoms with van der Waals surface area (Å²) in [5, 5.41) is 0. The minimum absolute atomic E-state index is 0.147. The minimum atomic E-state index is 0.147. The van der Waals surface area contributed by atoms with Gasteiger partial charge in [-0.05, 0) is 31.7 Å². The Morgan fingerprint density at radius 1 is 1.00 bits per heavy atom. The first-order chi connectivity index (χ1) is 11.0. The minimum Gasteiger partial charge on any atom is -0.334 e. The number of unbranched alkanes of at least 4 members (excludes halogenated alkanes) is 2. The number of amides is 1. The van der Waals surface area contributed by atoms with E-state index < -0.39 is 0 Å². The van der Waals surface area contributed by atoms with E-state index in [1.165, 1.54) is 57.9 Å². The van der Waals surface area contributed by atoms with Crippen LogP contribution < -0.4 is 0 Å². The maximum atomic E-state index is 12.4. The van der Waals surface area contributed by atoms with Crippen molar-refractivity contribution in [2.45, 2.75) is 91.1 Å². The van der Waals surface area contributed by atoms with Crippen molar-refractivity contribution in [1.29, 1.82) is 0 Å². The zero-order valence-corrected chi connectivity index (χ0v) is 15.9. The van der Waals surface area contributed by atoms with Crippen LogP contribution in [-0.4, -0.2) is 47.4 Å². The van der Waals surface area contributed by atoms with Gasteiger partial charge in [-0.1, -0.05) is 59.8 Å². The number of carbonyl (C=O) groups is 1. The van der Waals surface area contributed by atoms with Gasteiger partial charge < -0.3 is 4.90 Å². The van der Waals surface area contributed by atoms with Gasteiger partial charge in [-0.2, -0.15) is 0 Å². The second-order valence-corrected chi connectivity index (χ2v) is 8.29. The highest BCUT2D eigenvalue weighted by Gasteiger charge is 2.42. The average molecular weight is 323 g/mol. The summed E-state index contributed by atoms with van der Waals surface area (Å²) in [6.45, 7) is 12.2. The van der Waals surface area contributed by atoms with Gasteiger partial charge in [0.05, 0.1) is 0 Å². The largest absolute Gasteiger partial charge is 0.334 e. The molecular formula is C20H38N2O. The van der Waals surface area contributed by atoms with E-state index in [1.807, 2.05) is 13.8 Å². The molecule has 2 fully saturated rings. The molecule has 134 valence electrons. The Labute approximate surface area is 143 Å². The summed E-state index contributed by atoms with van der Waals surface area (Å²) >= 11 is 0. The summed E-state index contributed by atoms with van der Waals surface area (Å²) in [6, 6.07) is 0.985. The van der Waals surface area contributed by atoms with Crippen molar-refractivity contribution in [1.82, 2.24) is 9.80 Å². The van der Waals surface area contributed by atoms with E-state index in [0.29, 0.717) is 18.0 Å². The molecule has 0 aliphatic carbocycles. The van der Waals surface area contributed by atoms with Crippen LogP contribution >= 0.6 is 0 Å². The number of piperazine rings is 1. The Bertz CT molecular complexity index is 355. The van der Waals surface area contributed by atoms with Crippen molar-refractivity contribution in [3.05, 3.63) is 0 Å². The third kappa shape index (κ3) is 5.20. The van der Waals surface area contributed by atoms with Gasteiger partial charge in [0.2, 0.25) is 5.91 Å². The van der Waals surface area contributed by atoms with E-state index in [1.54, 1.807) is 0 Å².